The van der Waals surface area contributed by atoms with Crippen LogP contribution in [0.1, 0.15) is 426 Å². The lowest BCUT2D eigenvalue weighted by atomic mass is 9.77. The molecule has 98 heavy (non-hydrogen) atoms. The van der Waals surface area contributed by atoms with Crippen LogP contribution in [0.15, 0.2) is 23.3 Å². The van der Waals surface area contributed by atoms with E-state index in [9.17, 15) is 19.8 Å². The largest absolute Gasteiger partial charge is 0.390 e. The van der Waals surface area contributed by atoms with Crippen molar-refractivity contribution in [3.05, 3.63) is 23.3 Å². The molecule has 1 heterocycles. The molecule has 0 aromatic heterocycles. The van der Waals surface area contributed by atoms with Crippen molar-refractivity contribution in [2.24, 2.45) is 93.7 Å². The molecule has 6 nitrogen and oxygen atoms in total. The first-order chi connectivity index (χ1) is 45.2. The van der Waals surface area contributed by atoms with E-state index in [2.05, 4.69) is 192 Å². The van der Waals surface area contributed by atoms with Gasteiger partial charge in [0.15, 0.2) is 0 Å². The quantitative estimate of drug-likeness (QED) is 0.180. The highest BCUT2D eigenvalue weighted by Gasteiger charge is 2.33. The Kier molecular flexibility index (Phi) is 61.4. The van der Waals surface area contributed by atoms with Crippen LogP contribution in [0.5, 0.6) is 0 Å². The smallest absolute Gasteiger partial charge is 0.225 e. The zero-order valence-electron chi connectivity index (χ0n) is 73.3. The molecule has 0 aromatic carbocycles. The highest BCUT2D eigenvalue weighted by molar-refractivity contribution is 5.78. The molecule has 6 heteroatoms. The van der Waals surface area contributed by atoms with E-state index in [1.54, 1.807) is 30.1 Å². The molecular formula is C92H186N2O4. The van der Waals surface area contributed by atoms with Gasteiger partial charge in [0.2, 0.25) is 11.8 Å². The third-order valence-electron chi connectivity index (χ3n) is 21.2. The van der Waals surface area contributed by atoms with E-state index in [0.29, 0.717) is 28.6 Å². The number of hydrogen-bond acceptors (Lipinski definition) is 4. The fraction of sp³-hybridized carbons (Fsp3) is 0.935. The van der Waals surface area contributed by atoms with Crippen molar-refractivity contribution >= 4 is 11.8 Å². The van der Waals surface area contributed by atoms with Crippen molar-refractivity contribution in [1.29, 1.82) is 0 Å². The SMILES string of the molecule is CC(C)C(=O)N(C)C.CC(C)C(=O)N1CCCC1.CC(C)C1(O)CCCCC1.CC(C)C1(O)CCCCC1.CC(C)C1=CCCCC1.CC(C)C1=CCCCC1.CC(C)C1CCCCC1.CC(C)C1CCCCC1.CC(C)CC(C)(C)C.CC(C)CC(C)C.CC(C)CCC(C)(C)C. The molecule has 2 N–H and O–H groups in total. The van der Waals surface area contributed by atoms with Crippen molar-refractivity contribution in [3.8, 4) is 0 Å². The molecule has 4 saturated carbocycles. The maximum absolute atomic E-state index is 11.3. The van der Waals surface area contributed by atoms with Crippen molar-refractivity contribution < 1.29 is 19.8 Å². The van der Waals surface area contributed by atoms with E-state index in [4.69, 9.17) is 0 Å². The molecule has 7 aliphatic rings. The van der Waals surface area contributed by atoms with E-state index >= 15 is 0 Å². The Morgan fingerprint density at radius 3 is 0.918 bits per heavy atom. The molecule has 6 aliphatic carbocycles. The maximum Gasteiger partial charge on any atom is 0.225 e. The lowest BCUT2D eigenvalue weighted by molar-refractivity contribution is -0.133. The summed E-state index contributed by atoms with van der Waals surface area (Å²) in [6.45, 7) is 68.6. The number of hydrogen-bond donors (Lipinski definition) is 2. The summed E-state index contributed by atoms with van der Waals surface area (Å²) in [6.07, 6.45) is 50.2. The third-order valence-corrected chi connectivity index (χ3v) is 21.2. The van der Waals surface area contributed by atoms with E-state index in [-0.39, 0.29) is 28.9 Å². The van der Waals surface area contributed by atoms with Gasteiger partial charge in [-0.3, -0.25) is 9.59 Å². The van der Waals surface area contributed by atoms with Gasteiger partial charge in [0, 0.05) is 39.0 Å². The van der Waals surface area contributed by atoms with Gasteiger partial charge in [-0.1, -0.05) is 340 Å². The third kappa shape index (κ3) is 60.7. The Bertz CT molecular complexity index is 1770. The van der Waals surface area contributed by atoms with Crippen LogP contribution in [0.3, 0.4) is 0 Å². The fourth-order valence-corrected chi connectivity index (χ4v) is 14.6. The average molecular weight is 1380 g/mol. The standard InChI is InChI=1S/2C9H18O.2C9H18.2C9H16.C9H20.C8H15NO.C8H18.C7H16.C6H13NO/c2*1-8(2)9(10)6-4-3-5-7-9;4*1-8(2)9-6-4-3-5-7-9;1-8(2)6-7-9(3,4)5;1-7(2)8(10)9-5-3-4-6-9;1-7(2)6-8(3,4)5;1-6(2)5-7(3)4;1-5(2)6(8)7(3)4/h2*8,10H,3-7H2,1-2H3;2*8-9H,3-7H2,1-2H3;2*6,8H,3-5,7H2,1-2H3;8H,6-7H2,1-5H3;7H,3-6H2,1-2H3;7H,6H2,1-5H3;6-7H,5H2,1-4H3;5H,1-4H3. The second kappa shape index (κ2) is 58.6. The van der Waals surface area contributed by atoms with Gasteiger partial charge >= 0.3 is 0 Å². The predicted molar refractivity (Wildman–Crippen MR) is 442 cm³/mol. The topological polar surface area (TPSA) is 81.1 Å². The summed E-state index contributed by atoms with van der Waals surface area (Å²) in [4.78, 5) is 25.6. The zero-order chi connectivity index (χ0) is 76.4. The van der Waals surface area contributed by atoms with Crippen LogP contribution in [0.2, 0.25) is 0 Å². The number of carbonyl (C=O) groups is 2. The van der Waals surface area contributed by atoms with Gasteiger partial charge in [-0.25, -0.2) is 0 Å². The van der Waals surface area contributed by atoms with Gasteiger partial charge in [0.1, 0.15) is 0 Å². The minimum atomic E-state index is -0.321. The first-order valence-corrected chi connectivity index (χ1v) is 42.6. The lowest BCUT2D eigenvalue weighted by Crippen LogP contribution is -2.36. The van der Waals surface area contributed by atoms with Crippen molar-refractivity contribution in [2.45, 2.75) is 437 Å². The van der Waals surface area contributed by atoms with Crippen LogP contribution in [-0.2, 0) is 9.59 Å². The minimum Gasteiger partial charge on any atom is -0.390 e. The Balaban J connectivity index is -0.000000497. The van der Waals surface area contributed by atoms with Gasteiger partial charge in [-0.15, -0.1) is 0 Å². The monoisotopic (exact) mass is 1380 g/mol. The maximum atomic E-state index is 11.3. The van der Waals surface area contributed by atoms with Gasteiger partial charge < -0.3 is 20.0 Å². The van der Waals surface area contributed by atoms with Gasteiger partial charge in [0.05, 0.1) is 11.2 Å². The average Bonchev–Trinajstić information content (AvgIpc) is 1.12. The van der Waals surface area contributed by atoms with E-state index in [1.165, 1.54) is 193 Å². The van der Waals surface area contributed by atoms with Crippen LogP contribution in [0.4, 0.5) is 0 Å². The molecule has 0 unspecified atom stereocenters. The summed E-state index contributed by atoms with van der Waals surface area (Å²) >= 11 is 0. The molecule has 0 aromatic rings. The molecular weight excluding hydrogens is 1200 g/mol. The highest BCUT2D eigenvalue weighted by atomic mass is 16.3. The number of allylic oxidation sites excluding steroid dienone is 4. The number of aliphatic hydroxyl groups is 2. The molecule has 0 atom stereocenters. The number of amides is 2. The van der Waals surface area contributed by atoms with Crippen LogP contribution < -0.4 is 0 Å². The normalized spacial score (nSPS) is 18.7. The molecule has 1 saturated heterocycles. The van der Waals surface area contributed by atoms with Crippen LogP contribution in [-0.4, -0.2) is 70.2 Å². The Labute approximate surface area is 619 Å². The van der Waals surface area contributed by atoms with Crippen molar-refractivity contribution in [3.63, 3.8) is 0 Å². The van der Waals surface area contributed by atoms with E-state index < -0.39 is 0 Å². The summed E-state index contributed by atoms with van der Waals surface area (Å²) in [7, 11) is 3.53. The van der Waals surface area contributed by atoms with Crippen molar-refractivity contribution in [2.75, 3.05) is 27.2 Å². The Morgan fingerprint density at radius 2 is 0.776 bits per heavy atom. The molecule has 588 valence electrons. The molecule has 7 rings (SSSR count). The first-order valence-electron chi connectivity index (χ1n) is 42.6. The minimum absolute atomic E-state index is 0.130. The summed E-state index contributed by atoms with van der Waals surface area (Å²) < 4.78 is 0. The van der Waals surface area contributed by atoms with E-state index in [0.717, 1.165) is 98.0 Å². The second-order valence-electron chi connectivity index (χ2n) is 38.5. The molecule has 1 aliphatic heterocycles. The number of nitrogens with zero attached hydrogens (tertiary/aromatic N) is 2. The van der Waals surface area contributed by atoms with Gasteiger partial charge in [-0.05, 0) is 191 Å². The fourth-order valence-electron chi connectivity index (χ4n) is 14.6. The number of likely N-dealkylation sites (tertiary alicyclic amines) is 1. The second-order valence-corrected chi connectivity index (χ2v) is 38.5. The Hall–Kier alpha value is -1.66. The summed E-state index contributed by atoms with van der Waals surface area (Å²) in [6, 6.07) is 0. The van der Waals surface area contributed by atoms with Crippen molar-refractivity contribution in [1.82, 2.24) is 9.80 Å². The van der Waals surface area contributed by atoms with Gasteiger partial charge in [0.25, 0.3) is 0 Å². The van der Waals surface area contributed by atoms with E-state index in [1.807, 2.05) is 32.6 Å². The molecule has 5 fully saturated rings. The summed E-state index contributed by atoms with van der Waals surface area (Å²) in [5.74, 6) is 10.7. The lowest BCUT2D eigenvalue weighted by Gasteiger charge is -2.35. The van der Waals surface area contributed by atoms with Crippen LogP contribution in [0.25, 0.3) is 0 Å². The van der Waals surface area contributed by atoms with Gasteiger partial charge in [-0.2, -0.15) is 0 Å². The predicted octanol–water partition coefficient (Wildman–Crippen LogP) is 28.6. The molecule has 0 radical (unpaired) electrons. The Morgan fingerprint density at radius 1 is 0.439 bits per heavy atom. The molecule has 0 spiro atoms. The van der Waals surface area contributed by atoms with Crippen LogP contribution >= 0.6 is 0 Å². The summed E-state index contributed by atoms with van der Waals surface area (Å²) in [5, 5.41) is 19.9. The summed E-state index contributed by atoms with van der Waals surface area (Å²) in [5.41, 5.74) is 3.78. The molecule has 2 amide bonds. The first kappa shape index (κ1) is 103. The zero-order valence-corrected chi connectivity index (χ0v) is 73.3. The number of rotatable bonds is 13. The number of carbonyl (C=O) groups excluding carboxylic acids is 2. The highest BCUT2D eigenvalue weighted by Crippen LogP contribution is 2.36. The van der Waals surface area contributed by atoms with Crippen LogP contribution in [0, 0.1) is 93.7 Å². The molecule has 0 bridgehead atoms.